The topological polar surface area (TPSA) is 0 Å². The van der Waals surface area contributed by atoms with Crippen molar-refractivity contribution in [1.29, 1.82) is 0 Å². The second-order valence-electron chi connectivity index (χ2n) is 0.472. The van der Waals surface area contributed by atoms with Gasteiger partial charge in [0.1, 0.15) is 6.67 Å². The van der Waals surface area contributed by atoms with Crippen LogP contribution in [0.3, 0.4) is 0 Å². The zero-order valence-corrected chi connectivity index (χ0v) is 5.25. The molecule has 0 unspecified atom stereocenters. The summed E-state index contributed by atoms with van der Waals surface area (Å²) in [5.74, 6) is 0. The highest BCUT2D eigenvalue weighted by molar-refractivity contribution is 14.1. The highest BCUT2D eigenvalue weighted by Crippen LogP contribution is 2.14. The number of hydrogen-bond acceptors (Lipinski definition) is 0. The molecule has 0 amide bonds. The summed E-state index contributed by atoms with van der Waals surface area (Å²) in [6.07, 6.45) is 0. The Labute approximate surface area is 48.8 Å². The van der Waals surface area contributed by atoms with E-state index in [-0.39, 0.29) is 3.38 Å². The summed E-state index contributed by atoms with van der Waals surface area (Å²) in [4.78, 5) is 0. The molecule has 0 aliphatic heterocycles. The van der Waals surface area contributed by atoms with Crippen molar-refractivity contribution in [1.82, 2.24) is 0 Å². The lowest BCUT2D eigenvalue weighted by Gasteiger charge is -1.80. The monoisotopic (exact) mass is 207 g/mol. The Morgan fingerprint density at radius 2 is 2.20 bits per heavy atom. The van der Waals surface area contributed by atoms with Gasteiger partial charge in [0.2, 0.25) is 0 Å². The molecule has 0 heterocycles. The molecule has 0 nitrogen and oxygen atoms in total. The highest BCUT2D eigenvalue weighted by Gasteiger charge is 1.91. The molecule has 0 rings (SSSR count). The number of alkyl halides is 1. The predicted molar refractivity (Wildman–Crippen MR) is 29.1 cm³/mol. The Morgan fingerprint density at radius 1 is 2.00 bits per heavy atom. The SMILES string of the molecule is FC[C](Cl)I. The van der Waals surface area contributed by atoms with E-state index in [1.54, 1.807) is 22.6 Å². The van der Waals surface area contributed by atoms with Crippen molar-refractivity contribution < 1.29 is 4.39 Å². The van der Waals surface area contributed by atoms with Crippen molar-refractivity contribution in [3.05, 3.63) is 3.38 Å². The molecule has 0 aliphatic rings. The molecule has 3 heteroatoms. The van der Waals surface area contributed by atoms with Crippen molar-refractivity contribution in [2.45, 2.75) is 0 Å². The Balaban J connectivity index is 2.54. The summed E-state index contributed by atoms with van der Waals surface area (Å²) in [5.41, 5.74) is 0. The molecule has 0 aromatic carbocycles. The van der Waals surface area contributed by atoms with Crippen molar-refractivity contribution in [2.75, 3.05) is 6.67 Å². The molecule has 31 valence electrons. The number of hydrogen-bond donors (Lipinski definition) is 0. The maximum atomic E-state index is 10.9. The summed E-state index contributed by atoms with van der Waals surface area (Å²) in [5, 5.41) is 0. The minimum Gasteiger partial charge on any atom is -0.248 e. The second-order valence-corrected chi connectivity index (χ2v) is 2.87. The van der Waals surface area contributed by atoms with Gasteiger partial charge in [0.25, 0.3) is 0 Å². The first kappa shape index (κ1) is 5.95. The molecule has 0 aromatic rings. The van der Waals surface area contributed by atoms with E-state index in [0.29, 0.717) is 0 Å². The number of halogens is 3. The fourth-order valence-corrected chi connectivity index (χ4v) is 0. The van der Waals surface area contributed by atoms with Crippen LogP contribution in [0.2, 0.25) is 0 Å². The summed E-state index contributed by atoms with van der Waals surface area (Å²) in [7, 11) is 0. The summed E-state index contributed by atoms with van der Waals surface area (Å²) < 4.78 is 11.2. The third-order valence-electron chi connectivity index (χ3n) is 0.101. The molecule has 0 bridgehead atoms. The van der Waals surface area contributed by atoms with Gasteiger partial charge in [0.15, 0.2) is 3.38 Å². The van der Waals surface area contributed by atoms with Crippen LogP contribution in [-0.2, 0) is 0 Å². The molecule has 0 atom stereocenters. The van der Waals surface area contributed by atoms with Gasteiger partial charge in [-0.05, 0) is 0 Å². The smallest absolute Gasteiger partial charge is 0.154 e. The second kappa shape index (κ2) is 3.15. The average Bonchev–Trinajstić information content (AvgIpc) is 1.38. The van der Waals surface area contributed by atoms with Crippen LogP contribution in [-0.4, -0.2) is 6.67 Å². The highest BCUT2D eigenvalue weighted by atomic mass is 127. The third kappa shape index (κ3) is 4.95. The van der Waals surface area contributed by atoms with Crippen molar-refractivity contribution in [3.8, 4) is 0 Å². The largest absolute Gasteiger partial charge is 0.248 e. The molecule has 0 aromatic heterocycles. The fourth-order valence-electron chi connectivity index (χ4n) is 0. The minimum atomic E-state index is -0.526. The molecular weight excluding hydrogens is 205 g/mol. The van der Waals surface area contributed by atoms with Crippen LogP contribution in [0.25, 0.3) is 0 Å². The maximum absolute atomic E-state index is 10.9. The first-order valence-electron chi connectivity index (χ1n) is 0.999. The summed E-state index contributed by atoms with van der Waals surface area (Å²) in [6, 6.07) is 0. The molecule has 0 fully saturated rings. The standard InChI is InChI=1S/C2H2ClFI/c3-2(5)1-4/h1H2. The van der Waals surface area contributed by atoms with Crippen LogP contribution >= 0.6 is 34.2 Å². The molecule has 0 spiro atoms. The van der Waals surface area contributed by atoms with E-state index in [1.165, 1.54) is 0 Å². The Bertz CT molecular complexity index is 23.6. The van der Waals surface area contributed by atoms with Crippen molar-refractivity contribution >= 4 is 34.2 Å². The van der Waals surface area contributed by atoms with Crippen molar-refractivity contribution in [2.24, 2.45) is 0 Å². The van der Waals surface area contributed by atoms with Gasteiger partial charge in [-0.3, -0.25) is 0 Å². The van der Waals surface area contributed by atoms with E-state index in [9.17, 15) is 4.39 Å². The van der Waals surface area contributed by atoms with Gasteiger partial charge in [-0.25, -0.2) is 4.39 Å². The van der Waals surface area contributed by atoms with E-state index < -0.39 is 6.67 Å². The molecule has 0 aliphatic carbocycles. The Kier molecular flexibility index (Phi) is 3.75. The minimum absolute atomic E-state index is 0.280. The zero-order chi connectivity index (χ0) is 4.28. The van der Waals surface area contributed by atoms with Crippen molar-refractivity contribution in [3.63, 3.8) is 0 Å². The van der Waals surface area contributed by atoms with E-state index >= 15 is 0 Å². The molecule has 0 saturated heterocycles. The van der Waals surface area contributed by atoms with Gasteiger partial charge >= 0.3 is 0 Å². The van der Waals surface area contributed by atoms with Gasteiger partial charge in [0, 0.05) is 0 Å². The molecule has 5 heavy (non-hydrogen) atoms. The molecule has 0 saturated carbocycles. The van der Waals surface area contributed by atoms with Crippen LogP contribution in [0.1, 0.15) is 0 Å². The summed E-state index contributed by atoms with van der Waals surface area (Å²) in [6.45, 7) is -0.526. The van der Waals surface area contributed by atoms with Crippen LogP contribution < -0.4 is 0 Å². The first-order chi connectivity index (χ1) is 2.27. The Hall–Kier alpha value is 0.950. The van der Waals surface area contributed by atoms with Gasteiger partial charge in [-0.1, -0.05) is 22.6 Å². The van der Waals surface area contributed by atoms with Gasteiger partial charge in [-0.2, -0.15) is 0 Å². The van der Waals surface area contributed by atoms with Crippen LogP contribution in [0.5, 0.6) is 0 Å². The van der Waals surface area contributed by atoms with Crippen LogP contribution in [0.4, 0.5) is 4.39 Å². The number of rotatable bonds is 1. The van der Waals surface area contributed by atoms with E-state index in [1.807, 2.05) is 0 Å². The normalized spacial score (nSPS) is 9.60. The quantitative estimate of drug-likeness (QED) is 0.578. The van der Waals surface area contributed by atoms with Gasteiger partial charge < -0.3 is 0 Å². The van der Waals surface area contributed by atoms with Gasteiger partial charge in [0.05, 0.1) is 0 Å². The third-order valence-corrected chi connectivity index (χ3v) is 0.490. The lowest BCUT2D eigenvalue weighted by molar-refractivity contribution is 0.550. The van der Waals surface area contributed by atoms with E-state index in [0.717, 1.165) is 0 Å². The predicted octanol–water partition coefficient (Wildman–Crippen LogP) is 2.12. The average molecular weight is 207 g/mol. The Morgan fingerprint density at radius 3 is 2.20 bits per heavy atom. The summed E-state index contributed by atoms with van der Waals surface area (Å²) >= 11 is 6.70. The van der Waals surface area contributed by atoms with E-state index in [4.69, 9.17) is 11.6 Å². The van der Waals surface area contributed by atoms with Gasteiger partial charge in [-0.15, -0.1) is 11.6 Å². The molecular formula is C2H2ClFI. The van der Waals surface area contributed by atoms with Crippen LogP contribution in [0, 0.1) is 3.38 Å². The lowest BCUT2D eigenvalue weighted by atomic mass is 10.9. The van der Waals surface area contributed by atoms with E-state index in [2.05, 4.69) is 0 Å². The lowest BCUT2D eigenvalue weighted by Crippen LogP contribution is -1.70. The first-order valence-corrected chi connectivity index (χ1v) is 2.46. The fraction of sp³-hybridized carbons (Fsp3) is 0.500. The maximum Gasteiger partial charge on any atom is 0.154 e. The molecule has 1 radical (unpaired) electrons. The zero-order valence-electron chi connectivity index (χ0n) is 2.34. The van der Waals surface area contributed by atoms with Crippen LogP contribution in [0.15, 0.2) is 0 Å². The molecule has 0 N–H and O–H groups in total.